The van der Waals surface area contributed by atoms with Crippen LogP contribution in [-0.2, 0) is 24.2 Å². The van der Waals surface area contributed by atoms with Gasteiger partial charge in [-0.3, -0.25) is 19.6 Å². The Morgan fingerprint density at radius 3 is 2.69 bits per heavy atom. The molecular formula is C27H36N6O5S. The van der Waals surface area contributed by atoms with Crippen LogP contribution in [0.15, 0.2) is 35.5 Å². The minimum atomic E-state index is -3.66. The Bertz CT molecular complexity index is 1350. The summed E-state index contributed by atoms with van der Waals surface area (Å²) in [5.74, 6) is -0.371. The number of nitrogens with one attached hydrogen (secondary N) is 4. The zero-order valence-electron chi connectivity index (χ0n) is 22.1. The first-order valence-electron chi connectivity index (χ1n) is 13.8. The van der Waals surface area contributed by atoms with E-state index in [1.165, 1.54) is 6.26 Å². The van der Waals surface area contributed by atoms with E-state index < -0.39 is 15.8 Å². The molecule has 210 valence electrons. The third-order valence-electron chi connectivity index (χ3n) is 8.30. The van der Waals surface area contributed by atoms with E-state index in [4.69, 9.17) is 4.74 Å². The van der Waals surface area contributed by atoms with Gasteiger partial charge in [-0.2, -0.15) is 5.10 Å². The Kier molecular flexibility index (Phi) is 7.11. The molecule has 4 aliphatic rings. The summed E-state index contributed by atoms with van der Waals surface area (Å²) in [6.45, 7) is 1.92. The lowest BCUT2D eigenvalue weighted by Crippen LogP contribution is -2.66. The van der Waals surface area contributed by atoms with E-state index in [2.05, 4.69) is 26.4 Å². The smallest absolute Gasteiger partial charge is 0.226 e. The Hall–Kier alpha value is -2.96. The summed E-state index contributed by atoms with van der Waals surface area (Å²) in [4.78, 5) is 25.7. The van der Waals surface area contributed by atoms with Crippen LogP contribution in [0.5, 0.6) is 0 Å². The van der Waals surface area contributed by atoms with Crippen molar-refractivity contribution in [3.8, 4) is 11.1 Å². The molecule has 3 saturated heterocycles. The Balaban J connectivity index is 1.31. The van der Waals surface area contributed by atoms with Gasteiger partial charge >= 0.3 is 0 Å². The Labute approximate surface area is 228 Å². The van der Waals surface area contributed by atoms with Crippen LogP contribution in [0.1, 0.15) is 44.6 Å². The van der Waals surface area contributed by atoms with Crippen molar-refractivity contribution in [2.75, 3.05) is 31.3 Å². The number of nitrogens with zero attached hydrogens (tertiary/aromatic N) is 2. The van der Waals surface area contributed by atoms with Crippen molar-refractivity contribution in [3.05, 3.63) is 30.6 Å². The predicted octanol–water partition coefficient (Wildman–Crippen LogP) is 1.44. The molecule has 3 aliphatic heterocycles. The maximum Gasteiger partial charge on any atom is 0.226 e. The summed E-state index contributed by atoms with van der Waals surface area (Å²) >= 11 is 0. The van der Waals surface area contributed by atoms with Crippen molar-refractivity contribution in [2.45, 2.75) is 67.7 Å². The number of benzene rings is 1. The molecule has 2 amide bonds. The van der Waals surface area contributed by atoms with Gasteiger partial charge in [0.2, 0.25) is 11.8 Å². The highest BCUT2D eigenvalue weighted by Gasteiger charge is 2.45. The summed E-state index contributed by atoms with van der Waals surface area (Å²) in [6, 6.07) is 5.08. The van der Waals surface area contributed by atoms with Crippen LogP contribution < -0.4 is 21.3 Å². The molecule has 1 aliphatic carbocycles. The van der Waals surface area contributed by atoms with Crippen LogP contribution in [-0.4, -0.2) is 74.3 Å². The van der Waals surface area contributed by atoms with Crippen LogP contribution >= 0.6 is 0 Å². The average Bonchev–Trinajstić information content (AvgIpc) is 3.65. The molecule has 39 heavy (non-hydrogen) atoms. The third kappa shape index (κ3) is 5.55. The van der Waals surface area contributed by atoms with E-state index in [1.807, 2.05) is 16.9 Å². The predicted molar refractivity (Wildman–Crippen MR) is 145 cm³/mol. The number of amides is 2. The number of aromatic nitrogens is 2. The topological polar surface area (TPSA) is 143 Å². The molecule has 4 unspecified atom stereocenters. The van der Waals surface area contributed by atoms with Crippen LogP contribution in [0.2, 0.25) is 0 Å². The fourth-order valence-corrected chi connectivity index (χ4v) is 7.31. The molecule has 4 atom stereocenters. The summed E-state index contributed by atoms with van der Waals surface area (Å²) < 4.78 is 33.8. The van der Waals surface area contributed by atoms with Gasteiger partial charge in [0.25, 0.3) is 0 Å². The molecule has 4 N–H and O–H groups in total. The zero-order chi connectivity index (χ0) is 27.1. The van der Waals surface area contributed by atoms with E-state index in [-0.39, 0.29) is 46.9 Å². The van der Waals surface area contributed by atoms with Crippen LogP contribution in [0.3, 0.4) is 0 Å². The second kappa shape index (κ2) is 10.5. The van der Waals surface area contributed by atoms with E-state index in [0.717, 1.165) is 37.7 Å². The van der Waals surface area contributed by atoms with Crippen LogP contribution in [0.25, 0.3) is 11.1 Å². The van der Waals surface area contributed by atoms with Crippen molar-refractivity contribution >= 4 is 27.3 Å². The number of fused-ring (bicyclic) bond motifs is 1. The molecule has 1 aromatic carbocycles. The van der Waals surface area contributed by atoms with Gasteiger partial charge in [0, 0.05) is 67.8 Å². The van der Waals surface area contributed by atoms with Crippen molar-refractivity contribution < 1.29 is 22.7 Å². The van der Waals surface area contributed by atoms with E-state index in [1.54, 1.807) is 18.3 Å². The van der Waals surface area contributed by atoms with Crippen LogP contribution in [0.4, 0.5) is 5.69 Å². The van der Waals surface area contributed by atoms with Gasteiger partial charge in [0.1, 0.15) is 0 Å². The maximum absolute atomic E-state index is 13.2. The number of hydrogen-bond donors (Lipinski definition) is 4. The lowest BCUT2D eigenvalue weighted by atomic mass is 9.80. The first-order chi connectivity index (χ1) is 18.8. The molecule has 11 nitrogen and oxygen atoms in total. The molecular weight excluding hydrogens is 520 g/mol. The normalized spacial score (nSPS) is 27.9. The summed E-state index contributed by atoms with van der Waals surface area (Å²) in [5, 5.41) is 17.5. The van der Waals surface area contributed by atoms with E-state index >= 15 is 0 Å². The van der Waals surface area contributed by atoms with E-state index in [9.17, 15) is 18.0 Å². The number of piperidine rings is 2. The summed E-state index contributed by atoms with van der Waals surface area (Å²) in [7, 11) is -3.66. The molecule has 4 fully saturated rings. The number of anilines is 1. The minimum absolute atomic E-state index is 0.0327. The number of hydrogen-bond acceptors (Lipinski definition) is 8. The van der Waals surface area contributed by atoms with Gasteiger partial charge in [-0.15, -0.1) is 0 Å². The number of carbonyl (C=O) groups is 2. The molecule has 0 spiro atoms. The van der Waals surface area contributed by atoms with Crippen molar-refractivity contribution in [1.29, 1.82) is 0 Å². The summed E-state index contributed by atoms with van der Waals surface area (Å²) in [6.07, 6.45) is 9.23. The van der Waals surface area contributed by atoms with E-state index in [0.29, 0.717) is 37.4 Å². The fourth-order valence-electron chi connectivity index (χ4n) is 6.20. The van der Waals surface area contributed by atoms with Crippen LogP contribution in [0, 0.1) is 11.8 Å². The number of rotatable bonds is 7. The Morgan fingerprint density at radius 2 is 1.95 bits per heavy atom. The first-order valence-corrected chi connectivity index (χ1v) is 15.7. The summed E-state index contributed by atoms with van der Waals surface area (Å²) in [5.41, 5.74) is 1.74. The second-order valence-electron chi connectivity index (χ2n) is 11.2. The van der Waals surface area contributed by atoms with Gasteiger partial charge in [-0.25, -0.2) is 8.42 Å². The lowest BCUT2D eigenvalue weighted by Gasteiger charge is -2.45. The quantitative estimate of drug-likeness (QED) is 0.401. The fraction of sp³-hybridized carbons (Fsp3) is 0.593. The number of sulfone groups is 1. The molecule has 4 heterocycles. The van der Waals surface area contributed by atoms with Crippen molar-refractivity contribution in [1.82, 2.24) is 25.7 Å². The number of ether oxygens (including phenoxy) is 1. The minimum Gasteiger partial charge on any atom is -0.381 e. The molecule has 6 rings (SSSR count). The largest absolute Gasteiger partial charge is 0.381 e. The first kappa shape index (κ1) is 26.3. The molecule has 0 radical (unpaired) electrons. The third-order valence-corrected chi connectivity index (χ3v) is 9.48. The second-order valence-corrected chi connectivity index (χ2v) is 13.2. The van der Waals surface area contributed by atoms with Gasteiger partial charge in [0.15, 0.2) is 9.84 Å². The highest BCUT2D eigenvalue weighted by molar-refractivity contribution is 7.91. The average molecular weight is 557 g/mol. The molecule has 12 heteroatoms. The highest BCUT2D eigenvalue weighted by Crippen LogP contribution is 2.37. The van der Waals surface area contributed by atoms with Crippen molar-refractivity contribution in [3.63, 3.8) is 0 Å². The highest BCUT2D eigenvalue weighted by atomic mass is 32.2. The van der Waals surface area contributed by atoms with Crippen molar-refractivity contribution in [2.24, 2.45) is 11.8 Å². The monoisotopic (exact) mass is 556 g/mol. The van der Waals surface area contributed by atoms with Gasteiger partial charge < -0.3 is 20.7 Å². The SMILES string of the molecule is CS(=O)(=O)c1c(NC2CC(NC(=O)C3CC3)NC3CCNC(=O)C23)cccc1-c1cnn(C2CCOCC2)c1. The lowest BCUT2D eigenvalue weighted by molar-refractivity contribution is -0.129. The van der Waals surface area contributed by atoms with Gasteiger partial charge in [-0.05, 0) is 38.2 Å². The molecule has 1 saturated carbocycles. The molecule has 2 aromatic rings. The van der Waals surface area contributed by atoms with Gasteiger partial charge in [0.05, 0.1) is 34.9 Å². The zero-order valence-corrected chi connectivity index (χ0v) is 22.9. The number of carbonyl (C=O) groups excluding carboxylic acids is 2. The molecule has 0 bridgehead atoms. The van der Waals surface area contributed by atoms with Gasteiger partial charge in [-0.1, -0.05) is 12.1 Å². The Morgan fingerprint density at radius 1 is 1.15 bits per heavy atom. The maximum atomic E-state index is 13.2. The standard InChI is InChI=1S/C27H36N6O5S/c1-39(36,37)25-19(17-14-29-33(15-17)18-8-11-38-12-9-18)3-2-4-21(25)30-22-13-23(32-26(34)16-5-6-16)31-20-7-10-28-27(35)24(20)22/h2-4,14-16,18,20,22-24,30-31H,5-13H2,1H3,(H,28,35)(H,32,34). The molecule has 1 aromatic heterocycles.